The van der Waals surface area contributed by atoms with E-state index < -0.39 is 0 Å². The molecule has 1 aliphatic rings. The first-order chi connectivity index (χ1) is 12.7. The maximum Gasteiger partial charge on any atom is 0.199 e. The third kappa shape index (κ3) is 3.40. The fraction of sp³-hybridized carbons (Fsp3) is 0.316. The summed E-state index contributed by atoms with van der Waals surface area (Å²) in [6.07, 6.45) is 3.69. The van der Waals surface area contributed by atoms with E-state index in [9.17, 15) is 0 Å². The maximum atomic E-state index is 5.60. The summed E-state index contributed by atoms with van der Waals surface area (Å²) in [6.45, 7) is 4.69. The third-order valence-corrected chi connectivity index (χ3v) is 5.29. The lowest BCUT2D eigenvalue weighted by atomic mass is 10.2. The monoisotopic (exact) mass is 366 g/mol. The van der Waals surface area contributed by atoms with E-state index in [0.29, 0.717) is 0 Å². The molecular formula is C19H22N6S. The zero-order valence-corrected chi connectivity index (χ0v) is 15.6. The molecule has 4 rings (SSSR count). The van der Waals surface area contributed by atoms with Crippen LogP contribution in [0, 0.1) is 4.77 Å². The molecule has 1 fully saturated rings. The molecule has 0 saturated carbocycles. The predicted octanol–water partition coefficient (Wildman–Crippen LogP) is 2.79. The highest BCUT2D eigenvalue weighted by molar-refractivity contribution is 7.71. The molecule has 0 atom stereocenters. The van der Waals surface area contributed by atoms with Gasteiger partial charge >= 0.3 is 0 Å². The number of nitrogens with zero attached hydrogens (tertiary/aromatic N) is 6. The molecule has 1 aromatic carbocycles. The van der Waals surface area contributed by atoms with Crippen LogP contribution in [0.15, 0.2) is 54.9 Å². The molecule has 2 aromatic heterocycles. The minimum atomic E-state index is 0.726. The van der Waals surface area contributed by atoms with Crippen molar-refractivity contribution in [3.63, 3.8) is 0 Å². The van der Waals surface area contributed by atoms with Crippen LogP contribution < -0.4 is 4.90 Å². The van der Waals surface area contributed by atoms with Crippen molar-refractivity contribution in [3.8, 4) is 11.4 Å². The van der Waals surface area contributed by atoms with Crippen LogP contribution in [0.2, 0.25) is 0 Å². The minimum absolute atomic E-state index is 0.726. The Bertz CT molecular complexity index is 910. The molecular weight excluding hydrogens is 344 g/mol. The SMILES string of the molecule is Cn1c(-c2ccccc2)nn(CN2CCN(c3ccncc3)CC2)c1=S. The Morgan fingerprint density at radius 1 is 0.962 bits per heavy atom. The zero-order valence-electron chi connectivity index (χ0n) is 14.8. The van der Waals surface area contributed by atoms with Crippen LogP contribution in [0.3, 0.4) is 0 Å². The molecule has 0 unspecified atom stereocenters. The second-order valence-corrected chi connectivity index (χ2v) is 6.85. The van der Waals surface area contributed by atoms with Crippen molar-refractivity contribution in [2.45, 2.75) is 6.67 Å². The summed E-state index contributed by atoms with van der Waals surface area (Å²) in [5.41, 5.74) is 2.32. The molecule has 0 spiro atoms. The van der Waals surface area contributed by atoms with Gasteiger partial charge in [-0.25, -0.2) is 4.68 Å². The van der Waals surface area contributed by atoms with Crippen molar-refractivity contribution >= 4 is 17.9 Å². The lowest BCUT2D eigenvalue weighted by molar-refractivity contribution is 0.194. The molecule has 3 aromatic rings. The Morgan fingerprint density at radius 3 is 2.35 bits per heavy atom. The summed E-state index contributed by atoms with van der Waals surface area (Å²) in [6, 6.07) is 14.3. The van der Waals surface area contributed by atoms with Gasteiger partial charge in [-0.2, -0.15) is 5.10 Å². The molecule has 0 radical (unpaired) electrons. The molecule has 0 aliphatic carbocycles. The highest BCUT2D eigenvalue weighted by Crippen LogP contribution is 2.18. The largest absolute Gasteiger partial charge is 0.369 e. The van der Waals surface area contributed by atoms with Crippen molar-refractivity contribution in [2.75, 3.05) is 31.1 Å². The quantitative estimate of drug-likeness (QED) is 0.664. The summed E-state index contributed by atoms with van der Waals surface area (Å²) in [5.74, 6) is 0.908. The Kier molecular flexibility index (Phi) is 4.81. The van der Waals surface area contributed by atoms with Crippen molar-refractivity contribution < 1.29 is 0 Å². The van der Waals surface area contributed by atoms with Gasteiger partial charge in [0.2, 0.25) is 0 Å². The summed E-state index contributed by atoms with van der Waals surface area (Å²) >= 11 is 5.60. The Hall–Kier alpha value is -2.51. The van der Waals surface area contributed by atoms with Gasteiger partial charge in [0.25, 0.3) is 0 Å². The second kappa shape index (κ2) is 7.39. The average Bonchev–Trinajstić information content (AvgIpc) is 2.98. The van der Waals surface area contributed by atoms with Gasteiger partial charge < -0.3 is 9.47 Å². The Balaban J connectivity index is 1.45. The number of hydrogen-bond donors (Lipinski definition) is 0. The van der Waals surface area contributed by atoms with Gasteiger partial charge in [0.05, 0.1) is 6.67 Å². The standard InChI is InChI=1S/C19H22N6S/c1-22-18(16-5-3-2-4-6-16)21-25(19(22)26)15-23-11-13-24(14-12-23)17-7-9-20-10-8-17/h2-10H,11-15H2,1H3. The fourth-order valence-corrected chi connectivity index (χ4v) is 3.50. The van der Waals surface area contributed by atoms with E-state index in [-0.39, 0.29) is 0 Å². The summed E-state index contributed by atoms with van der Waals surface area (Å²) in [5, 5.41) is 4.76. The number of aromatic nitrogens is 4. The highest BCUT2D eigenvalue weighted by Gasteiger charge is 2.19. The molecule has 0 amide bonds. The van der Waals surface area contributed by atoms with Crippen molar-refractivity contribution in [3.05, 3.63) is 59.6 Å². The van der Waals surface area contributed by atoms with Crippen molar-refractivity contribution in [2.24, 2.45) is 7.05 Å². The fourth-order valence-electron chi connectivity index (χ4n) is 3.31. The normalized spacial score (nSPS) is 15.3. The lowest BCUT2D eigenvalue weighted by Gasteiger charge is -2.35. The summed E-state index contributed by atoms with van der Waals surface area (Å²) < 4.78 is 4.66. The number of anilines is 1. The number of hydrogen-bond acceptors (Lipinski definition) is 5. The average molecular weight is 366 g/mol. The van der Waals surface area contributed by atoms with E-state index in [1.807, 2.05) is 46.9 Å². The molecule has 1 saturated heterocycles. The molecule has 1 aliphatic heterocycles. The van der Waals surface area contributed by atoms with Gasteiger partial charge in [0.1, 0.15) is 0 Å². The van der Waals surface area contributed by atoms with E-state index in [1.165, 1.54) is 5.69 Å². The zero-order chi connectivity index (χ0) is 17.9. The smallest absolute Gasteiger partial charge is 0.199 e. The van der Waals surface area contributed by atoms with Crippen molar-refractivity contribution in [1.29, 1.82) is 0 Å². The lowest BCUT2D eigenvalue weighted by Crippen LogP contribution is -2.47. The van der Waals surface area contributed by atoms with Gasteiger partial charge in [-0.1, -0.05) is 30.3 Å². The molecule has 3 heterocycles. The highest BCUT2D eigenvalue weighted by atomic mass is 32.1. The van der Waals surface area contributed by atoms with Gasteiger partial charge in [-0.05, 0) is 24.4 Å². The van der Waals surface area contributed by atoms with E-state index in [2.05, 4.69) is 39.0 Å². The van der Waals surface area contributed by atoms with Gasteiger partial charge in [0, 0.05) is 56.9 Å². The van der Waals surface area contributed by atoms with Gasteiger partial charge in [-0.15, -0.1) is 0 Å². The first-order valence-corrected chi connectivity index (χ1v) is 9.20. The first kappa shape index (κ1) is 16.9. The Labute approximate surface area is 158 Å². The summed E-state index contributed by atoms with van der Waals surface area (Å²) in [7, 11) is 1.98. The molecule has 6 nitrogen and oxygen atoms in total. The van der Waals surface area contributed by atoms with E-state index >= 15 is 0 Å². The number of benzene rings is 1. The van der Waals surface area contributed by atoms with Crippen LogP contribution in [-0.2, 0) is 13.7 Å². The predicted molar refractivity (Wildman–Crippen MR) is 105 cm³/mol. The number of rotatable bonds is 4. The Morgan fingerprint density at radius 2 is 1.65 bits per heavy atom. The van der Waals surface area contributed by atoms with Crippen molar-refractivity contribution in [1.82, 2.24) is 24.2 Å². The van der Waals surface area contributed by atoms with Crippen LogP contribution in [0.25, 0.3) is 11.4 Å². The van der Waals surface area contributed by atoms with Crippen LogP contribution in [0.1, 0.15) is 0 Å². The number of piperazine rings is 1. The maximum absolute atomic E-state index is 5.60. The van der Waals surface area contributed by atoms with Crippen LogP contribution >= 0.6 is 12.2 Å². The first-order valence-electron chi connectivity index (χ1n) is 8.79. The third-order valence-electron chi connectivity index (χ3n) is 4.81. The molecule has 7 heteroatoms. The van der Waals surface area contributed by atoms with Gasteiger partial charge in [-0.3, -0.25) is 9.88 Å². The van der Waals surface area contributed by atoms with Crippen LogP contribution in [-0.4, -0.2) is 50.4 Å². The molecule has 26 heavy (non-hydrogen) atoms. The summed E-state index contributed by atoms with van der Waals surface area (Å²) in [4.78, 5) is 8.89. The van der Waals surface area contributed by atoms with E-state index in [1.54, 1.807) is 0 Å². The minimum Gasteiger partial charge on any atom is -0.369 e. The topological polar surface area (TPSA) is 42.1 Å². The van der Waals surface area contributed by atoms with Crippen LogP contribution in [0.5, 0.6) is 0 Å². The van der Waals surface area contributed by atoms with Gasteiger partial charge in [0.15, 0.2) is 10.6 Å². The van der Waals surface area contributed by atoms with E-state index in [0.717, 1.165) is 49.0 Å². The van der Waals surface area contributed by atoms with Crippen LogP contribution in [0.4, 0.5) is 5.69 Å². The molecule has 134 valence electrons. The molecule has 0 N–H and O–H groups in total. The number of pyridine rings is 1. The van der Waals surface area contributed by atoms with E-state index in [4.69, 9.17) is 17.3 Å². The molecule has 0 bridgehead atoms. The second-order valence-electron chi connectivity index (χ2n) is 6.48.